The zero-order chi connectivity index (χ0) is 13.7. The van der Waals surface area contributed by atoms with Gasteiger partial charge in [0.1, 0.15) is 5.82 Å². The third kappa shape index (κ3) is 4.53. The number of hydrogen-bond donors (Lipinski definition) is 2. The minimum Gasteiger partial charge on any atom is -0.330 e. The fourth-order valence-corrected chi connectivity index (χ4v) is 2.32. The van der Waals surface area contributed by atoms with E-state index < -0.39 is 0 Å². The van der Waals surface area contributed by atoms with Crippen LogP contribution in [0.1, 0.15) is 20.3 Å². The summed E-state index contributed by atoms with van der Waals surface area (Å²) < 4.78 is 13.6. The average molecular weight is 364 g/mol. The van der Waals surface area contributed by atoms with E-state index in [4.69, 9.17) is 5.73 Å². The Morgan fingerprint density at radius 2 is 2.17 bits per heavy atom. The van der Waals surface area contributed by atoms with E-state index in [0.29, 0.717) is 21.7 Å². The number of benzene rings is 1. The molecule has 0 bridgehead atoms. The number of nitrogens with one attached hydrogen (secondary N) is 1. The minimum atomic E-state index is -0.310. The van der Waals surface area contributed by atoms with Crippen LogP contribution >= 0.6 is 22.6 Å². The first-order chi connectivity index (χ1) is 8.43. The van der Waals surface area contributed by atoms with Crippen molar-refractivity contribution in [1.29, 1.82) is 0 Å². The standard InChI is InChI=1S/C13H18FIN2O/c1-8(2)5-9(7-16)13(18)17-12-4-3-10(14)6-11(12)15/h3-4,6,8-9H,5,7,16H2,1-2H3,(H,17,18). The molecule has 0 spiro atoms. The van der Waals surface area contributed by atoms with Crippen LogP contribution in [0.2, 0.25) is 0 Å². The van der Waals surface area contributed by atoms with Crippen LogP contribution in [0.5, 0.6) is 0 Å². The molecule has 1 rings (SSSR count). The van der Waals surface area contributed by atoms with E-state index in [1.807, 2.05) is 22.6 Å². The third-order valence-electron chi connectivity index (χ3n) is 2.60. The van der Waals surface area contributed by atoms with Crippen LogP contribution in [-0.4, -0.2) is 12.5 Å². The van der Waals surface area contributed by atoms with Crippen molar-refractivity contribution >= 4 is 34.2 Å². The van der Waals surface area contributed by atoms with Gasteiger partial charge in [-0.1, -0.05) is 13.8 Å². The van der Waals surface area contributed by atoms with Gasteiger partial charge in [0, 0.05) is 10.1 Å². The Labute approximate surface area is 120 Å². The van der Waals surface area contributed by atoms with E-state index in [0.717, 1.165) is 6.42 Å². The Kier molecular flexibility index (Phi) is 6.01. The quantitative estimate of drug-likeness (QED) is 0.790. The molecule has 0 aliphatic carbocycles. The lowest BCUT2D eigenvalue weighted by Crippen LogP contribution is -2.30. The largest absolute Gasteiger partial charge is 0.330 e. The van der Waals surface area contributed by atoms with Crippen molar-refractivity contribution in [3.8, 4) is 0 Å². The summed E-state index contributed by atoms with van der Waals surface area (Å²) in [6, 6.07) is 4.28. The Morgan fingerprint density at radius 1 is 1.50 bits per heavy atom. The van der Waals surface area contributed by atoms with Crippen LogP contribution < -0.4 is 11.1 Å². The summed E-state index contributed by atoms with van der Waals surface area (Å²) in [5, 5.41) is 2.80. The molecule has 0 saturated heterocycles. The van der Waals surface area contributed by atoms with Crippen LogP contribution in [0.4, 0.5) is 10.1 Å². The molecule has 100 valence electrons. The number of halogens is 2. The van der Waals surface area contributed by atoms with E-state index in [9.17, 15) is 9.18 Å². The van der Waals surface area contributed by atoms with E-state index in [-0.39, 0.29) is 17.6 Å². The molecule has 0 aromatic heterocycles. The van der Waals surface area contributed by atoms with Gasteiger partial charge in [0.15, 0.2) is 0 Å². The zero-order valence-electron chi connectivity index (χ0n) is 10.5. The second-order valence-electron chi connectivity index (χ2n) is 4.68. The monoisotopic (exact) mass is 364 g/mol. The van der Waals surface area contributed by atoms with Crippen molar-refractivity contribution in [3.05, 3.63) is 27.6 Å². The van der Waals surface area contributed by atoms with Gasteiger partial charge in [-0.05, 0) is 53.1 Å². The molecule has 3 N–H and O–H groups in total. The molecule has 0 fully saturated rings. The Morgan fingerprint density at radius 3 is 2.67 bits per heavy atom. The summed E-state index contributed by atoms with van der Waals surface area (Å²) in [6.07, 6.45) is 0.750. The highest BCUT2D eigenvalue weighted by molar-refractivity contribution is 14.1. The molecule has 1 aromatic rings. The molecule has 0 aliphatic heterocycles. The highest BCUT2D eigenvalue weighted by Crippen LogP contribution is 2.20. The maximum absolute atomic E-state index is 12.9. The summed E-state index contributed by atoms with van der Waals surface area (Å²) >= 11 is 1.99. The summed E-state index contributed by atoms with van der Waals surface area (Å²) in [6.45, 7) is 4.43. The molecular weight excluding hydrogens is 346 g/mol. The summed E-state index contributed by atoms with van der Waals surface area (Å²) in [5.41, 5.74) is 6.24. The number of amides is 1. The van der Waals surface area contributed by atoms with Gasteiger partial charge in [-0.15, -0.1) is 0 Å². The van der Waals surface area contributed by atoms with Crippen molar-refractivity contribution in [2.24, 2.45) is 17.6 Å². The zero-order valence-corrected chi connectivity index (χ0v) is 12.7. The predicted octanol–water partition coefficient (Wildman–Crippen LogP) is 2.99. The van der Waals surface area contributed by atoms with Gasteiger partial charge >= 0.3 is 0 Å². The summed E-state index contributed by atoms with van der Waals surface area (Å²) in [7, 11) is 0. The van der Waals surface area contributed by atoms with Crippen LogP contribution in [0.25, 0.3) is 0 Å². The van der Waals surface area contributed by atoms with Crippen molar-refractivity contribution in [2.75, 3.05) is 11.9 Å². The first kappa shape index (κ1) is 15.4. The van der Waals surface area contributed by atoms with Crippen molar-refractivity contribution < 1.29 is 9.18 Å². The first-order valence-corrected chi connectivity index (χ1v) is 6.98. The van der Waals surface area contributed by atoms with Crippen LogP contribution in [0.3, 0.4) is 0 Å². The van der Waals surface area contributed by atoms with E-state index in [1.54, 1.807) is 6.07 Å². The van der Waals surface area contributed by atoms with Gasteiger partial charge in [0.2, 0.25) is 5.91 Å². The molecule has 5 heteroatoms. The van der Waals surface area contributed by atoms with E-state index in [2.05, 4.69) is 19.2 Å². The molecule has 0 heterocycles. The van der Waals surface area contributed by atoms with E-state index >= 15 is 0 Å². The van der Waals surface area contributed by atoms with Crippen molar-refractivity contribution in [3.63, 3.8) is 0 Å². The van der Waals surface area contributed by atoms with Gasteiger partial charge in [0.05, 0.1) is 11.6 Å². The Bertz CT molecular complexity index is 423. The third-order valence-corrected chi connectivity index (χ3v) is 3.49. The lowest BCUT2D eigenvalue weighted by atomic mass is 9.96. The fraction of sp³-hybridized carbons (Fsp3) is 0.462. The van der Waals surface area contributed by atoms with Gasteiger partial charge in [0.25, 0.3) is 0 Å². The molecule has 18 heavy (non-hydrogen) atoms. The number of carbonyl (C=O) groups is 1. The number of rotatable bonds is 5. The summed E-state index contributed by atoms with van der Waals surface area (Å²) in [5.74, 6) is -0.201. The van der Waals surface area contributed by atoms with Gasteiger partial charge in [-0.25, -0.2) is 4.39 Å². The highest BCUT2D eigenvalue weighted by atomic mass is 127. The second kappa shape index (κ2) is 7.04. The predicted molar refractivity (Wildman–Crippen MR) is 79.7 cm³/mol. The molecule has 3 nitrogen and oxygen atoms in total. The molecule has 1 unspecified atom stereocenters. The number of carbonyl (C=O) groups excluding carboxylic acids is 1. The molecular formula is C13H18FIN2O. The average Bonchev–Trinajstić information content (AvgIpc) is 2.29. The minimum absolute atomic E-state index is 0.101. The molecule has 1 amide bonds. The fourth-order valence-electron chi connectivity index (χ4n) is 1.70. The van der Waals surface area contributed by atoms with Crippen LogP contribution in [-0.2, 0) is 4.79 Å². The number of nitrogens with two attached hydrogens (primary N) is 1. The number of anilines is 1. The summed E-state index contributed by atoms with van der Waals surface area (Å²) in [4.78, 5) is 12.0. The second-order valence-corrected chi connectivity index (χ2v) is 5.84. The van der Waals surface area contributed by atoms with E-state index in [1.165, 1.54) is 12.1 Å². The lowest BCUT2D eigenvalue weighted by Gasteiger charge is -2.17. The van der Waals surface area contributed by atoms with Gasteiger partial charge in [-0.2, -0.15) is 0 Å². The van der Waals surface area contributed by atoms with Gasteiger partial charge in [-0.3, -0.25) is 4.79 Å². The molecule has 0 aliphatic rings. The molecule has 1 aromatic carbocycles. The normalized spacial score (nSPS) is 12.6. The SMILES string of the molecule is CC(C)CC(CN)C(=O)Nc1ccc(F)cc1I. The Hall–Kier alpha value is -0.690. The van der Waals surface area contributed by atoms with Crippen LogP contribution in [0.15, 0.2) is 18.2 Å². The maximum atomic E-state index is 12.9. The first-order valence-electron chi connectivity index (χ1n) is 5.90. The molecule has 0 saturated carbocycles. The smallest absolute Gasteiger partial charge is 0.228 e. The molecule has 0 radical (unpaired) electrons. The highest BCUT2D eigenvalue weighted by Gasteiger charge is 2.19. The molecule has 1 atom stereocenters. The lowest BCUT2D eigenvalue weighted by molar-refractivity contribution is -0.120. The van der Waals surface area contributed by atoms with Gasteiger partial charge < -0.3 is 11.1 Å². The Balaban J connectivity index is 2.73. The van der Waals surface area contributed by atoms with Crippen molar-refractivity contribution in [1.82, 2.24) is 0 Å². The van der Waals surface area contributed by atoms with Crippen LogP contribution in [0, 0.1) is 21.2 Å². The maximum Gasteiger partial charge on any atom is 0.228 e. The number of hydrogen-bond acceptors (Lipinski definition) is 2. The topological polar surface area (TPSA) is 55.1 Å². The van der Waals surface area contributed by atoms with Crippen molar-refractivity contribution in [2.45, 2.75) is 20.3 Å².